The van der Waals surface area contributed by atoms with Gasteiger partial charge in [-0.25, -0.2) is 0 Å². The molecule has 0 atom stereocenters. The number of rotatable bonds is 11. The van der Waals surface area contributed by atoms with Crippen molar-refractivity contribution in [2.24, 2.45) is 4.99 Å². The molecule has 1 N–H and O–H groups in total. The number of ether oxygens (including phenoxy) is 2. The maximum Gasteiger partial charge on any atom is 0.193 e. The van der Waals surface area contributed by atoms with Crippen LogP contribution in [0.5, 0.6) is 5.75 Å². The van der Waals surface area contributed by atoms with Gasteiger partial charge in [0.2, 0.25) is 0 Å². The highest BCUT2D eigenvalue weighted by atomic mass is 16.5. The van der Waals surface area contributed by atoms with Crippen molar-refractivity contribution in [2.45, 2.75) is 39.7 Å². The number of guanidine groups is 1. The second kappa shape index (κ2) is 12.6. The molecule has 1 rings (SSSR count). The molecule has 5 nitrogen and oxygen atoms in total. The Morgan fingerprint density at radius 2 is 1.92 bits per heavy atom. The SMILES string of the molecule is CCCCN(C)C(=NCCCOCc1ccc(OC)cc1)NCC. The lowest BCUT2D eigenvalue weighted by Crippen LogP contribution is -2.39. The Kier molecular flexibility index (Phi) is 10.7. The number of methoxy groups -OCH3 is 1. The molecule has 136 valence electrons. The number of nitrogens with zero attached hydrogens (tertiary/aromatic N) is 2. The Balaban J connectivity index is 2.25. The molecule has 0 amide bonds. The fourth-order valence-corrected chi connectivity index (χ4v) is 2.23. The third kappa shape index (κ3) is 8.20. The highest BCUT2D eigenvalue weighted by molar-refractivity contribution is 5.79. The van der Waals surface area contributed by atoms with Crippen molar-refractivity contribution >= 4 is 5.96 Å². The van der Waals surface area contributed by atoms with Gasteiger partial charge in [-0.2, -0.15) is 0 Å². The summed E-state index contributed by atoms with van der Waals surface area (Å²) in [4.78, 5) is 6.87. The summed E-state index contributed by atoms with van der Waals surface area (Å²) < 4.78 is 10.9. The number of hydrogen-bond donors (Lipinski definition) is 1. The van der Waals surface area contributed by atoms with Gasteiger partial charge in [0.15, 0.2) is 5.96 Å². The molecule has 0 unspecified atom stereocenters. The molecule has 0 radical (unpaired) electrons. The molecule has 0 heterocycles. The van der Waals surface area contributed by atoms with Crippen molar-refractivity contribution in [3.63, 3.8) is 0 Å². The third-order valence-electron chi connectivity index (χ3n) is 3.68. The first-order chi connectivity index (χ1) is 11.7. The van der Waals surface area contributed by atoms with Gasteiger partial charge in [-0.1, -0.05) is 25.5 Å². The Labute approximate surface area is 147 Å². The molecule has 1 aromatic rings. The lowest BCUT2D eigenvalue weighted by Gasteiger charge is -2.21. The molecule has 0 fully saturated rings. The number of unbranched alkanes of at least 4 members (excludes halogenated alkanes) is 1. The van der Waals surface area contributed by atoms with Gasteiger partial charge in [0.05, 0.1) is 13.7 Å². The zero-order valence-corrected chi connectivity index (χ0v) is 15.7. The Hall–Kier alpha value is -1.75. The zero-order chi connectivity index (χ0) is 17.6. The number of hydrogen-bond acceptors (Lipinski definition) is 3. The summed E-state index contributed by atoms with van der Waals surface area (Å²) in [5, 5.41) is 3.34. The molecule has 1 aromatic carbocycles. The van der Waals surface area contributed by atoms with Crippen LogP contribution in [0.2, 0.25) is 0 Å². The first kappa shape index (κ1) is 20.3. The lowest BCUT2D eigenvalue weighted by molar-refractivity contribution is 0.120. The monoisotopic (exact) mass is 335 g/mol. The van der Waals surface area contributed by atoms with E-state index in [1.807, 2.05) is 24.3 Å². The second-order valence-corrected chi connectivity index (χ2v) is 5.76. The van der Waals surface area contributed by atoms with Crippen molar-refractivity contribution in [3.05, 3.63) is 29.8 Å². The first-order valence-electron chi connectivity index (χ1n) is 8.91. The van der Waals surface area contributed by atoms with E-state index in [2.05, 4.69) is 36.1 Å². The van der Waals surface area contributed by atoms with Gasteiger partial charge in [-0.3, -0.25) is 4.99 Å². The molecule has 24 heavy (non-hydrogen) atoms. The van der Waals surface area contributed by atoms with E-state index in [1.165, 1.54) is 12.8 Å². The van der Waals surface area contributed by atoms with Crippen LogP contribution < -0.4 is 10.1 Å². The van der Waals surface area contributed by atoms with E-state index >= 15 is 0 Å². The fourth-order valence-electron chi connectivity index (χ4n) is 2.23. The van der Waals surface area contributed by atoms with Gasteiger partial charge >= 0.3 is 0 Å². The molecule has 0 bridgehead atoms. The van der Waals surface area contributed by atoms with Crippen LogP contribution in [0.3, 0.4) is 0 Å². The van der Waals surface area contributed by atoms with Crippen molar-refractivity contribution in [1.82, 2.24) is 10.2 Å². The van der Waals surface area contributed by atoms with Gasteiger partial charge in [-0.15, -0.1) is 0 Å². The Bertz CT molecular complexity index is 460. The van der Waals surface area contributed by atoms with E-state index in [4.69, 9.17) is 9.47 Å². The molecule has 5 heteroatoms. The molecule has 0 aliphatic heterocycles. The molecule has 0 saturated heterocycles. The van der Waals surface area contributed by atoms with Gasteiger partial charge in [0.1, 0.15) is 5.75 Å². The standard InChI is InChI=1S/C19H33N3O2/c1-5-7-14-22(3)19(20-6-2)21-13-8-15-24-16-17-9-11-18(23-4)12-10-17/h9-12H,5-8,13-16H2,1-4H3,(H,20,21). The molecule has 0 aliphatic carbocycles. The van der Waals surface area contributed by atoms with Gasteiger partial charge < -0.3 is 19.7 Å². The molecule has 0 saturated carbocycles. The average molecular weight is 335 g/mol. The van der Waals surface area contributed by atoms with Crippen LogP contribution in [-0.2, 0) is 11.3 Å². The molecular formula is C19H33N3O2. The van der Waals surface area contributed by atoms with Crippen LogP contribution in [0.15, 0.2) is 29.3 Å². The zero-order valence-electron chi connectivity index (χ0n) is 15.7. The van der Waals surface area contributed by atoms with Crippen molar-refractivity contribution in [2.75, 3.05) is 40.4 Å². The van der Waals surface area contributed by atoms with Crippen LogP contribution in [0.1, 0.15) is 38.7 Å². The summed E-state index contributed by atoms with van der Waals surface area (Å²) in [6.07, 6.45) is 3.31. The van der Waals surface area contributed by atoms with Gasteiger partial charge in [0.25, 0.3) is 0 Å². The fraction of sp³-hybridized carbons (Fsp3) is 0.632. The molecular weight excluding hydrogens is 302 g/mol. The average Bonchev–Trinajstić information content (AvgIpc) is 2.62. The maximum absolute atomic E-state index is 5.72. The maximum atomic E-state index is 5.72. The van der Waals surface area contributed by atoms with E-state index in [0.29, 0.717) is 13.2 Å². The summed E-state index contributed by atoms with van der Waals surface area (Å²) in [6, 6.07) is 7.97. The van der Waals surface area contributed by atoms with E-state index < -0.39 is 0 Å². The summed E-state index contributed by atoms with van der Waals surface area (Å²) in [5.74, 6) is 1.86. The van der Waals surface area contributed by atoms with Gasteiger partial charge in [0, 0.05) is 33.3 Å². The number of aliphatic imine (C=N–C) groups is 1. The smallest absolute Gasteiger partial charge is 0.193 e. The normalized spacial score (nSPS) is 11.4. The highest BCUT2D eigenvalue weighted by Crippen LogP contribution is 2.11. The quantitative estimate of drug-likeness (QED) is 0.383. The lowest BCUT2D eigenvalue weighted by atomic mass is 10.2. The largest absolute Gasteiger partial charge is 0.497 e. The van der Waals surface area contributed by atoms with Crippen LogP contribution in [-0.4, -0.2) is 51.3 Å². The van der Waals surface area contributed by atoms with Crippen LogP contribution in [0.4, 0.5) is 0 Å². The van der Waals surface area contributed by atoms with E-state index in [-0.39, 0.29) is 0 Å². The highest BCUT2D eigenvalue weighted by Gasteiger charge is 2.04. The minimum Gasteiger partial charge on any atom is -0.497 e. The second-order valence-electron chi connectivity index (χ2n) is 5.76. The molecule has 0 aliphatic rings. The number of benzene rings is 1. The summed E-state index contributed by atoms with van der Waals surface area (Å²) in [7, 11) is 3.77. The van der Waals surface area contributed by atoms with Crippen LogP contribution in [0.25, 0.3) is 0 Å². The van der Waals surface area contributed by atoms with E-state index in [9.17, 15) is 0 Å². The minimum atomic E-state index is 0.629. The topological polar surface area (TPSA) is 46.1 Å². The van der Waals surface area contributed by atoms with Crippen molar-refractivity contribution in [1.29, 1.82) is 0 Å². The van der Waals surface area contributed by atoms with Crippen LogP contribution in [0, 0.1) is 0 Å². The summed E-state index contributed by atoms with van der Waals surface area (Å²) >= 11 is 0. The van der Waals surface area contributed by atoms with Crippen molar-refractivity contribution in [3.8, 4) is 5.75 Å². The predicted octanol–water partition coefficient (Wildman–Crippen LogP) is 3.30. The molecule has 0 spiro atoms. The summed E-state index contributed by atoms with van der Waals surface area (Å²) in [5.41, 5.74) is 1.16. The minimum absolute atomic E-state index is 0.629. The van der Waals surface area contributed by atoms with E-state index in [0.717, 1.165) is 43.3 Å². The van der Waals surface area contributed by atoms with Crippen molar-refractivity contribution < 1.29 is 9.47 Å². The summed E-state index contributed by atoms with van der Waals surface area (Å²) in [6.45, 7) is 8.36. The number of nitrogens with one attached hydrogen (secondary N) is 1. The third-order valence-corrected chi connectivity index (χ3v) is 3.68. The van der Waals surface area contributed by atoms with E-state index in [1.54, 1.807) is 7.11 Å². The first-order valence-corrected chi connectivity index (χ1v) is 8.91. The van der Waals surface area contributed by atoms with Crippen LogP contribution >= 0.6 is 0 Å². The predicted molar refractivity (Wildman–Crippen MR) is 101 cm³/mol. The Morgan fingerprint density at radius 1 is 1.17 bits per heavy atom. The Morgan fingerprint density at radius 3 is 2.54 bits per heavy atom. The molecule has 0 aromatic heterocycles. The van der Waals surface area contributed by atoms with Gasteiger partial charge in [-0.05, 0) is 37.5 Å².